The zero-order valence-electron chi connectivity index (χ0n) is 9.53. The van der Waals surface area contributed by atoms with E-state index >= 15 is 0 Å². The summed E-state index contributed by atoms with van der Waals surface area (Å²) in [7, 11) is 0. The second kappa shape index (κ2) is 5.35. The number of hydrogen-bond acceptors (Lipinski definition) is 2. The van der Waals surface area contributed by atoms with Crippen LogP contribution in [0.3, 0.4) is 0 Å². The van der Waals surface area contributed by atoms with Crippen molar-refractivity contribution in [1.82, 2.24) is 10.2 Å². The third kappa shape index (κ3) is 2.86. The summed E-state index contributed by atoms with van der Waals surface area (Å²) in [5.74, 6) is 0. The lowest BCUT2D eigenvalue weighted by Gasteiger charge is -2.05. The maximum atomic E-state index is 3.91. The largest absolute Gasteiger partial charge is 0.379 e. The summed E-state index contributed by atoms with van der Waals surface area (Å²) in [5, 5.41) is 10.2. The maximum absolute atomic E-state index is 3.91. The lowest BCUT2D eigenvalue weighted by Crippen LogP contribution is -1.99. The first-order chi connectivity index (χ1) is 7.88. The molecule has 0 amide bonds. The number of aryl methyl sites for hydroxylation is 1. The van der Waals surface area contributed by atoms with Crippen LogP contribution in [0.15, 0.2) is 36.5 Å². The van der Waals surface area contributed by atoms with Crippen LogP contribution in [0.5, 0.6) is 0 Å². The Morgan fingerprint density at radius 1 is 1.19 bits per heavy atom. The van der Waals surface area contributed by atoms with Gasteiger partial charge in [0.25, 0.3) is 0 Å². The molecule has 3 nitrogen and oxygen atoms in total. The van der Waals surface area contributed by atoms with Gasteiger partial charge in [-0.05, 0) is 30.2 Å². The molecule has 2 N–H and O–H groups in total. The summed E-state index contributed by atoms with van der Waals surface area (Å²) in [4.78, 5) is 0. The standard InChI is InChI=1S/C13H17N3/c1-2-3-11-4-6-12(7-5-11)14-10-13-8-9-15-16-13/h4-9,14H,2-3,10H2,1H3,(H,15,16). The molecule has 16 heavy (non-hydrogen) atoms. The van der Waals surface area contributed by atoms with E-state index < -0.39 is 0 Å². The third-order valence-electron chi connectivity index (χ3n) is 2.53. The topological polar surface area (TPSA) is 40.7 Å². The number of benzene rings is 1. The molecule has 0 aliphatic rings. The van der Waals surface area contributed by atoms with Crippen LogP contribution in [0.25, 0.3) is 0 Å². The Morgan fingerprint density at radius 2 is 2.00 bits per heavy atom. The fourth-order valence-electron chi connectivity index (χ4n) is 1.66. The molecule has 2 rings (SSSR count). The first kappa shape index (κ1) is 10.7. The highest BCUT2D eigenvalue weighted by Crippen LogP contribution is 2.11. The molecule has 1 aromatic heterocycles. The molecule has 0 atom stereocenters. The lowest BCUT2D eigenvalue weighted by atomic mass is 10.1. The van der Waals surface area contributed by atoms with Crippen LogP contribution >= 0.6 is 0 Å². The molecule has 3 heteroatoms. The molecule has 0 bridgehead atoms. The molecule has 84 valence electrons. The number of nitrogens with one attached hydrogen (secondary N) is 2. The minimum Gasteiger partial charge on any atom is -0.379 e. The number of anilines is 1. The van der Waals surface area contributed by atoms with Gasteiger partial charge in [0, 0.05) is 11.9 Å². The first-order valence-corrected chi connectivity index (χ1v) is 5.69. The highest BCUT2D eigenvalue weighted by molar-refractivity contribution is 5.44. The van der Waals surface area contributed by atoms with Crippen LogP contribution in [0.4, 0.5) is 5.69 Å². The van der Waals surface area contributed by atoms with Gasteiger partial charge in [-0.25, -0.2) is 0 Å². The van der Waals surface area contributed by atoms with Gasteiger partial charge < -0.3 is 5.32 Å². The molecule has 2 aromatic rings. The maximum Gasteiger partial charge on any atom is 0.0567 e. The van der Waals surface area contributed by atoms with Crippen LogP contribution in [0.2, 0.25) is 0 Å². The minimum absolute atomic E-state index is 0.785. The van der Waals surface area contributed by atoms with Crippen LogP contribution < -0.4 is 5.32 Å². The second-order valence-corrected chi connectivity index (χ2v) is 3.88. The average molecular weight is 215 g/mol. The van der Waals surface area contributed by atoms with Crippen molar-refractivity contribution in [1.29, 1.82) is 0 Å². The van der Waals surface area contributed by atoms with Gasteiger partial charge in [-0.1, -0.05) is 25.5 Å². The Morgan fingerprint density at radius 3 is 2.62 bits per heavy atom. The monoisotopic (exact) mass is 215 g/mol. The van der Waals surface area contributed by atoms with E-state index in [1.165, 1.54) is 12.0 Å². The van der Waals surface area contributed by atoms with E-state index in [2.05, 4.69) is 46.7 Å². The van der Waals surface area contributed by atoms with E-state index in [-0.39, 0.29) is 0 Å². The van der Waals surface area contributed by atoms with E-state index in [0.29, 0.717) is 0 Å². The van der Waals surface area contributed by atoms with Crippen molar-refractivity contribution in [3.63, 3.8) is 0 Å². The number of nitrogens with zero attached hydrogens (tertiary/aromatic N) is 1. The fraction of sp³-hybridized carbons (Fsp3) is 0.308. The summed E-state index contributed by atoms with van der Waals surface area (Å²) in [6.45, 7) is 2.98. The molecule has 0 aliphatic heterocycles. The van der Waals surface area contributed by atoms with E-state index in [0.717, 1.165) is 24.3 Å². The van der Waals surface area contributed by atoms with Crippen molar-refractivity contribution in [3.8, 4) is 0 Å². The van der Waals surface area contributed by atoms with E-state index in [1.54, 1.807) is 6.20 Å². The van der Waals surface area contributed by atoms with Crippen molar-refractivity contribution in [2.45, 2.75) is 26.3 Å². The highest BCUT2D eigenvalue weighted by atomic mass is 15.1. The fourth-order valence-corrected chi connectivity index (χ4v) is 1.66. The Bertz CT molecular complexity index is 403. The predicted molar refractivity (Wildman–Crippen MR) is 66.4 cm³/mol. The van der Waals surface area contributed by atoms with Crippen LogP contribution in [0, 0.1) is 0 Å². The van der Waals surface area contributed by atoms with Crippen molar-refractivity contribution in [2.24, 2.45) is 0 Å². The zero-order valence-corrected chi connectivity index (χ0v) is 9.53. The number of H-pyrrole nitrogens is 1. The Balaban J connectivity index is 1.90. The molecule has 0 fully saturated rings. The summed E-state index contributed by atoms with van der Waals surface area (Å²) in [5.41, 5.74) is 3.64. The van der Waals surface area contributed by atoms with Gasteiger partial charge in [0.05, 0.1) is 12.2 Å². The quantitative estimate of drug-likeness (QED) is 0.805. The third-order valence-corrected chi connectivity index (χ3v) is 2.53. The molecular formula is C13H17N3. The van der Waals surface area contributed by atoms with E-state index in [4.69, 9.17) is 0 Å². The van der Waals surface area contributed by atoms with Crippen molar-refractivity contribution < 1.29 is 0 Å². The normalized spacial score (nSPS) is 10.3. The lowest BCUT2D eigenvalue weighted by molar-refractivity contribution is 0.921. The SMILES string of the molecule is CCCc1ccc(NCc2ccn[nH]2)cc1. The molecule has 1 aromatic carbocycles. The van der Waals surface area contributed by atoms with Crippen LogP contribution in [-0.2, 0) is 13.0 Å². The molecule has 0 radical (unpaired) electrons. The van der Waals surface area contributed by atoms with Gasteiger partial charge in [0.1, 0.15) is 0 Å². The van der Waals surface area contributed by atoms with Gasteiger partial charge in [-0.15, -0.1) is 0 Å². The molecule has 0 saturated heterocycles. The highest BCUT2D eigenvalue weighted by Gasteiger charge is 1.95. The van der Waals surface area contributed by atoms with E-state index in [9.17, 15) is 0 Å². The molecular weight excluding hydrogens is 198 g/mol. The van der Waals surface area contributed by atoms with Gasteiger partial charge in [-0.2, -0.15) is 5.10 Å². The first-order valence-electron chi connectivity index (χ1n) is 5.69. The zero-order chi connectivity index (χ0) is 11.2. The summed E-state index contributed by atoms with van der Waals surface area (Å²) < 4.78 is 0. The predicted octanol–water partition coefficient (Wildman–Crippen LogP) is 2.97. The second-order valence-electron chi connectivity index (χ2n) is 3.88. The summed E-state index contributed by atoms with van der Waals surface area (Å²) in [6, 6.07) is 10.6. The number of aromatic amines is 1. The van der Waals surface area contributed by atoms with Crippen molar-refractivity contribution >= 4 is 5.69 Å². The van der Waals surface area contributed by atoms with Gasteiger partial charge in [-0.3, -0.25) is 5.10 Å². The number of rotatable bonds is 5. The average Bonchev–Trinajstić information content (AvgIpc) is 2.82. The Hall–Kier alpha value is -1.77. The van der Waals surface area contributed by atoms with Crippen LogP contribution in [-0.4, -0.2) is 10.2 Å². The smallest absolute Gasteiger partial charge is 0.0567 e. The minimum atomic E-state index is 0.785. The molecule has 0 spiro atoms. The number of aromatic nitrogens is 2. The van der Waals surface area contributed by atoms with Gasteiger partial charge >= 0.3 is 0 Å². The van der Waals surface area contributed by atoms with Crippen molar-refractivity contribution in [3.05, 3.63) is 47.8 Å². The Kier molecular flexibility index (Phi) is 3.59. The number of hydrogen-bond donors (Lipinski definition) is 2. The molecule has 0 unspecified atom stereocenters. The molecule has 0 saturated carbocycles. The van der Waals surface area contributed by atoms with E-state index in [1.807, 2.05) is 6.07 Å². The summed E-state index contributed by atoms with van der Waals surface area (Å²) in [6.07, 6.45) is 4.11. The molecule has 1 heterocycles. The van der Waals surface area contributed by atoms with Gasteiger partial charge in [0.2, 0.25) is 0 Å². The van der Waals surface area contributed by atoms with Crippen LogP contribution in [0.1, 0.15) is 24.6 Å². The van der Waals surface area contributed by atoms with Gasteiger partial charge in [0.15, 0.2) is 0 Å². The summed E-state index contributed by atoms with van der Waals surface area (Å²) >= 11 is 0. The Labute approximate surface area is 95.9 Å². The van der Waals surface area contributed by atoms with Crippen molar-refractivity contribution in [2.75, 3.05) is 5.32 Å². The molecule has 0 aliphatic carbocycles.